The SMILES string of the molecule is COc1cc(C#Cc2ccco2)cc(OC)c1S(=O)(=O)Nc1noc2cc(Cn3cccn3)cc(OC)c12. The lowest BCUT2D eigenvalue weighted by Gasteiger charge is -2.15. The maximum absolute atomic E-state index is 13.6. The predicted molar refractivity (Wildman–Crippen MR) is 137 cm³/mol. The van der Waals surface area contributed by atoms with Gasteiger partial charge in [0.05, 0.1) is 34.1 Å². The number of aromatic nitrogens is 3. The number of nitrogens with one attached hydrogen (secondary N) is 1. The highest BCUT2D eigenvalue weighted by Gasteiger charge is 2.29. The fourth-order valence-electron chi connectivity index (χ4n) is 3.87. The zero-order valence-electron chi connectivity index (χ0n) is 20.6. The van der Waals surface area contributed by atoms with Gasteiger partial charge in [0.1, 0.15) is 22.6 Å². The van der Waals surface area contributed by atoms with Crippen LogP contribution in [0.15, 0.2) is 75.0 Å². The van der Waals surface area contributed by atoms with Crippen LogP contribution in [0.25, 0.3) is 11.0 Å². The Hall–Kier alpha value is -4.89. The van der Waals surface area contributed by atoms with Gasteiger partial charge < -0.3 is 23.2 Å². The molecular formula is C26H22N4O7S. The minimum atomic E-state index is -4.27. The van der Waals surface area contributed by atoms with Gasteiger partial charge in [-0.05, 0) is 53.9 Å². The molecule has 0 unspecified atom stereocenters. The van der Waals surface area contributed by atoms with Gasteiger partial charge in [-0.2, -0.15) is 5.10 Å². The summed E-state index contributed by atoms with van der Waals surface area (Å²) in [5, 5.41) is 8.52. The van der Waals surface area contributed by atoms with Gasteiger partial charge in [0.15, 0.2) is 22.1 Å². The number of methoxy groups -OCH3 is 3. The van der Waals surface area contributed by atoms with Crippen LogP contribution in [0.2, 0.25) is 0 Å². The monoisotopic (exact) mass is 534 g/mol. The average Bonchev–Trinajstić information content (AvgIpc) is 3.69. The predicted octanol–water partition coefficient (Wildman–Crippen LogP) is 3.89. The number of rotatable bonds is 8. The standard InChI is InChI=1S/C26H22N4O7S/c1-33-20-14-18(16-30-10-5-9-27-30)15-21-24(20)26(28-37-21)29-38(31,32)25-22(34-2)12-17(13-23(25)35-3)7-8-19-6-4-11-36-19/h4-6,9-15H,16H2,1-3H3,(H,28,29). The Morgan fingerprint density at radius 1 is 1.00 bits per heavy atom. The Morgan fingerprint density at radius 3 is 2.39 bits per heavy atom. The fraction of sp³-hybridized carbons (Fsp3) is 0.154. The zero-order chi connectivity index (χ0) is 26.7. The van der Waals surface area contributed by atoms with E-state index in [1.54, 1.807) is 35.1 Å². The quantitative estimate of drug-likeness (QED) is 0.295. The molecule has 1 N–H and O–H groups in total. The summed E-state index contributed by atoms with van der Waals surface area (Å²) in [4.78, 5) is -0.225. The molecule has 0 spiro atoms. The molecule has 194 valence electrons. The third-order valence-electron chi connectivity index (χ3n) is 5.53. The number of sulfonamides is 1. The van der Waals surface area contributed by atoms with Crippen LogP contribution >= 0.6 is 0 Å². The molecule has 0 bridgehead atoms. The van der Waals surface area contributed by atoms with Crippen molar-refractivity contribution in [1.82, 2.24) is 14.9 Å². The lowest BCUT2D eigenvalue weighted by Crippen LogP contribution is -2.16. The number of nitrogens with zero attached hydrogens (tertiary/aromatic N) is 3. The van der Waals surface area contributed by atoms with Gasteiger partial charge in [0.25, 0.3) is 10.0 Å². The Kier molecular flexibility index (Phi) is 6.68. The minimum Gasteiger partial charge on any atom is -0.496 e. The summed E-state index contributed by atoms with van der Waals surface area (Å²) in [6.45, 7) is 0.463. The summed E-state index contributed by atoms with van der Waals surface area (Å²) in [5.74, 6) is 6.62. The first-order valence-electron chi connectivity index (χ1n) is 11.2. The highest BCUT2D eigenvalue weighted by Crippen LogP contribution is 2.39. The second-order valence-corrected chi connectivity index (χ2v) is 9.57. The molecule has 0 fully saturated rings. The third-order valence-corrected chi connectivity index (χ3v) is 6.94. The topological polar surface area (TPSA) is 131 Å². The van der Waals surface area contributed by atoms with Crippen molar-refractivity contribution in [3.8, 4) is 29.1 Å². The molecule has 0 atom stereocenters. The number of benzene rings is 2. The third kappa shape index (κ3) is 4.87. The van der Waals surface area contributed by atoms with E-state index in [9.17, 15) is 8.42 Å². The van der Waals surface area contributed by atoms with Crippen molar-refractivity contribution in [3.63, 3.8) is 0 Å². The molecule has 5 rings (SSSR count). The van der Waals surface area contributed by atoms with E-state index in [0.717, 1.165) is 5.56 Å². The van der Waals surface area contributed by atoms with E-state index in [4.69, 9.17) is 23.2 Å². The molecule has 0 aliphatic carbocycles. The first kappa shape index (κ1) is 24.8. The molecule has 3 heterocycles. The van der Waals surface area contributed by atoms with Crippen LogP contribution in [0.5, 0.6) is 17.2 Å². The highest BCUT2D eigenvalue weighted by atomic mass is 32.2. The lowest BCUT2D eigenvalue weighted by atomic mass is 10.1. The smallest absolute Gasteiger partial charge is 0.270 e. The van der Waals surface area contributed by atoms with Gasteiger partial charge in [-0.1, -0.05) is 11.1 Å². The van der Waals surface area contributed by atoms with Crippen LogP contribution in [-0.2, 0) is 16.6 Å². The maximum Gasteiger partial charge on any atom is 0.270 e. The van der Waals surface area contributed by atoms with Crippen LogP contribution in [-0.4, -0.2) is 44.7 Å². The van der Waals surface area contributed by atoms with E-state index in [0.29, 0.717) is 34.6 Å². The Bertz CT molecular complexity index is 1720. The molecule has 11 nitrogen and oxygen atoms in total. The van der Waals surface area contributed by atoms with E-state index in [2.05, 4.69) is 26.8 Å². The van der Waals surface area contributed by atoms with Crippen LogP contribution in [0.3, 0.4) is 0 Å². The van der Waals surface area contributed by atoms with Crippen LogP contribution in [0, 0.1) is 11.8 Å². The zero-order valence-corrected chi connectivity index (χ0v) is 21.4. The molecule has 2 aromatic carbocycles. The van der Waals surface area contributed by atoms with Gasteiger partial charge in [-0.15, -0.1) is 0 Å². The molecular weight excluding hydrogens is 512 g/mol. The molecule has 0 aliphatic rings. The van der Waals surface area contributed by atoms with E-state index in [1.165, 1.54) is 39.7 Å². The fourth-order valence-corrected chi connectivity index (χ4v) is 5.18. The van der Waals surface area contributed by atoms with Crippen molar-refractivity contribution in [2.24, 2.45) is 0 Å². The number of fused-ring (bicyclic) bond motifs is 1. The van der Waals surface area contributed by atoms with Gasteiger partial charge in [0, 0.05) is 18.0 Å². The summed E-state index contributed by atoms with van der Waals surface area (Å²) in [6, 6.07) is 11.8. The van der Waals surface area contributed by atoms with E-state index in [-0.39, 0.29) is 22.2 Å². The normalized spacial score (nSPS) is 11.1. The molecule has 0 amide bonds. The molecule has 12 heteroatoms. The Labute approximate surface area is 217 Å². The molecule has 0 aliphatic heterocycles. The second kappa shape index (κ2) is 10.2. The summed E-state index contributed by atoms with van der Waals surface area (Å²) >= 11 is 0. The summed E-state index contributed by atoms with van der Waals surface area (Å²) in [5.41, 5.74) is 1.64. The van der Waals surface area contributed by atoms with Gasteiger partial charge in [0.2, 0.25) is 0 Å². The number of hydrogen-bond donors (Lipinski definition) is 1. The van der Waals surface area contributed by atoms with Crippen LogP contribution in [0.4, 0.5) is 5.82 Å². The molecule has 0 radical (unpaired) electrons. The highest BCUT2D eigenvalue weighted by molar-refractivity contribution is 7.93. The maximum atomic E-state index is 13.6. The first-order valence-corrected chi connectivity index (χ1v) is 12.7. The Balaban J connectivity index is 1.52. The molecule has 38 heavy (non-hydrogen) atoms. The van der Waals surface area contributed by atoms with Crippen molar-refractivity contribution in [2.75, 3.05) is 26.1 Å². The first-order chi connectivity index (χ1) is 18.4. The molecule has 3 aromatic heterocycles. The second-order valence-electron chi connectivity index (χ2n) is 7.95. The van der Waals surface area contributed by atoms with Gasteiger partial charge >= 0.3 is 0 Å². The molecule has 5 aromatic rings. The summed E-state index contributed by atoms with van der Waals surface area (Å²) in [7, 11) is -0.0829. The van der Waals surface area contributed by atoms with Gasteiger partial charge in [-0.25, -0.2) is 8.42 Å². The number of anilines is 1. The number of ether oxygens (including phenoxy) is 3. The number of hydrogen-bond acceptors (Lipinski definition) is 9. The van der Waals surface area contributed by atoms with Crippen molar-refractivity contribution in [1.29, 1.82) is 0 Å². The summed E-state index contributed by atoms with van der Waals surface area (Å²) in [6.07, 6.45) is 5.01. The van der Waals surface area contributed by atoms with Crippen molar-refractivity contribution < 1.29 is 31.6 Å². The molecule has 0 saturated heterocycles. The van der Waals surface area contributed by atoms with Crippen LogP contribution in [0.1, 0.15) is 16.9 Å². The molecule has 0 saturated carbocycles. The average molecular weight is 535 g/mol. The van der Waals surface area contributed by atoms with Crippen molar-refractivity contribution >= 4 is 26.8 Å². The van der Waals surface area contributed by atoms with E-state index >= 15 is 0 Å². The van der Waals surface area contributed by atoms with Crippen molar-refractivity contribution in [3.05, 3.63) is 78.0 Å². The Morgan fingerprint density at radius 2 is 1.76 bits per heavy atom. The summed E-state index contributed by atoms with van der Waals surface area (Å²) < 4.78 is 58.4. The van der Waals surface area contributed by atoms with E-state index in [1.807, 2.05) is 12.3 Å². The van der Waals surface area contributed by atoms with Crippen LogP contribution < -0.4 is 18.9 Å². The number of furan rings is 1. The van der Waals surface area contributed by atoms with E-state index < -0.39 is 10.0 Å². The van der Waals surface area contributed by atoms with Gasteiger partial charge in [-0.3, -0.25) is 9.40 Å². The van der Waals surface area contributed by atoms with Crippen molar-refractivity contribution in [2.45, 2.75) is 11.4 Å². The minimum absolute atomic E-state index is 0.0295. The largest absolute Gasteiger partial charge is 0.496 e. The lowest BCUT2D eigenvalue weighted by molar-refractivity contribution is 0.373.